The molecule has 5 aliphatic heterocycles. The lowest BCUT2D eigenvalue weighted by Gasteiger charge is -2.28. The van der Waals surface area contributed by atoms with Crippen molar-refractivity contribution in [1.82, 2.24) is 21.3 Å². The quantitative estimate of drug-likeness (QED) is 0.324. The molecule has 0 aliphatic carbocycles. The number of rotatable bonds is 6. The molecular formula is C34H64N4. The van der Waals surface area contributed by atoms with Crippen molar-refractivity contribution in [2.24, 2.45) is 47.3 Å². The Balaban J connectivity index is 1.48. The summed E-state index contributed by atoms with van der Waals surface area (Å²) < 4.78 is 0. The van der Waals surface area contributed by atoms with E-state index >= 15 is 0 Å². The highest BCUT2D eigenvalue weighted by Crippen LogP contribution is 2.45. The molecule has 0 radical (unpaired) electrons. The lowest BCUT2D eigenvalue weighted by atomic mass is 9.75. The molecule has 8 bridgehead atoms. The lowest BCUT2D eigenvalue weighted by Crippen LogP contribution is -2.45. The first kappa shape index (κ1) is 29.3. The molecule has 5 fully saturated rings. The maximum absolute atomic E-state index is 4.34. The van der Waals surface area contributed by atoms with E-state index in [4.69, 9.17) is 0 Å². The topological polar surface area (TPSA) is 48.1 Å². The van der Waals surface area contributed by atoms with Crippen LogP contribution in [0, 0.1) is 47.3 Å². The van der Waals surface area contributed by atoms with Crippen LogP contribution in [0.25, 0.3) is 0 Å². The highest BCUT2D eigenvalue weighted by Gasteiger charge is 2.51. The van der Waals surface area contributed by atoms with Gasteiger partial charge in [-0.25, -0.2) is 0 Å². The Kier molecular flexibility index (Phi) is 9.55. The van der Waals surface area contributed by atoms with Gasteiger partial charge in [0.25, 0.3) is 0 Å². The second-order valence-electron chi connectivity index (χ2n) is 14.6. The van der Waals surface area contributed by atoms with Gasteiger partial charge in [-0.1, -0.05) is 93.9 Å². The molecular weight excluding hydrogens is 464 g/mol. The molecule has 220 valence electrons. The molecule has 5 aliphatic rings. The van der Waals surface area contributed by atoms with Crippen LogP contribution in [-0.4, -0.2) is 48.3 Å². The fraction of sp³-hybridized carbons (Fsp3) is 1.00. The second kappa shape index (κ2) is 12.4. The van der Waals surface area contributed by atoms with Gasteiger partial charge in [0.1, 0.15) is 0 Å². The summed E-state index contributed by atoms with van der Waals surface area (Å²) in [7, 11) is 0. The van der Waals surface area contributed by atoms with Gasteiger partial charge in [-0.3, -0.25) is 0 Å². The highest BCUT2D eigenvalue weighted by molar-refractivity contribution is 5.08. The molecule has 16 atom stereocenters. The van der Waals surface area contributed by atoms with Crippen LogP contribution in [0.5, 0.6) is 0 Å². The zero-order chi connectivity index (χ0) is 27.1. The van der Waals surface area contributed by atoms with E-state index in [1.54, 1.807) is 0 Å². The largest absolute Gasteiger partial charge is 0.311 e. The van der Waals surface area contributed by atoms with Gasteiger partial charge in [-0.15, -0.1) is 0 Å². The summed E-state index contributed by atoms with van der Waals surface area (Å²) >= 11 is 0. The Hall–Kier alpha value is -0.160. The molecule has 0 aromatic heterocycles. The zero-order valence-electron chi connectivity index (χ0n) is 26.3. The van der Waals surface area contributed by atoms with Crippen molar-refractivity contribution in [3.63, 3.8) is 0 Å². The maximum atomic E-state index is 4.34. The molecule has 5 saturated heterocycles. The maximum Gasteiger partial charge on any atom is 0.0116 e. The third kappa shape index (κ3) is 5.16. The van der Waals surface area contributed by atoms with Crippen LogP contribution in [0.4, 0.5) is 0 Å². The average Bonchev–Trinajstić information content (AvgIpc) is 3.60. The second-order valence-corrected chi connectivity index (χ2v) is 14.6. The summed E-state index contributed by atoms with van der Waals surface area (Å²) in [6, 6.07) is 5.38. The summed E-state index contributed by atoms with van der Waals surface area (Å²) in [5, 5.41) is 17.3. The van der Waals surface area contributed by atoms with Crippen LogP contribution < -0.4 is 21.3 Å². The number of fused-ring (bicyclic) bond motifs is 8. The van der Waals surface area contributed by atoms with Gasteiger partial charge in [0.2, 0.25) is 0 Å². The van der Waals surface area contributed by atoms with E-state index in [1.807, 2.05) is 0 Å². The number of nitrogens with one attached hydrogen (secondary N) is 4. The summed E-state index contributed by atoms with van der Waals surface area (Å²) in [4.78, 5) is 0. The molecule has 5 rings (SSSR count). The Morgan fingerprint density at radius 2 is 0.553 bits per heavy atom. The van der Waals surface area contributed by atoms with Gasteiger partial charge < -0.3 is 21.3 Å². The van der Waals surface area contributed by atoms with Crippen LogP contribution in [-0.2, 0) is 0 Å². The van der Waals surface area contributed by atoms with Crippen molar-refractivity contribution >= 4 is 0 Å². The first-order chi connectivity index (χ1) is 18.4. The fourth-order valence-corrected chi connectivity index (χ4v) is 11.4. The van der Waals surface area contributed by atoms with Crippen molar-refractivity contribution in [2.75, 3.05) is 0 Å². The van der Waals surface area contributed by atoms with E-state index in [2.05, 4.69) is 76.7 Å². The molecule has 4 heteroatoms. The summed E-state index contributed by atoms with van der Waals surface area (Å²) in [5.41, 5.74) is 0. The molecule has 5 heterocycles. The Bertz CT molecular complexity index is 697. The van der Waals surface area contributed by atoms with Gasteiger partial charge in [0, 0.05) is 48.3 Å². The van der Waals surface area contributed by atoms with Crippen molar-refractivity contribution in [1.29, 1.82) is 0 Å². The van der Waals surface area contributed by atoms with Crippen LogP contribution >= 0.6 is 0 Å². The summed E-state index contributed by atoms with van der Waals surface area (Å²) in [6.45, 7) is 19.9. The smallest absolute Gasteiger partial charge is 0.0116 e. The van der Waals surface area contributed by atoms with Crippen molar-refractivity contribution in [2.45, 2.75) is 168 Å². The van der Waals surface area contributed by atoms with E-state index in [1.165, 1.54) is 64.2 Å². The number of hydrogen-bond donors (Lipinski definition) is 4. The van der Waals surface area contributed by atoms with Crippen LogP contribution in [0.3, 0.4) is 0 Å². The van der Waals surface area contributed by atoms with E-state index in [9.17, 15) is 0 Å². The van der Waals surface area contributed by atoms with Crippen LogP contribution in [0.2, 0.25) is 0 Å². The fourth-order valence-electron chi connectivity index (χ4n) is 11.4. The minimum absolute atomic E-state index is 0.662. The van der Waals surface area contributed by atoms with Gasteiger partial charge in [0.15, 0.2) is 0 Å². The predicted octanol–water partition coefficient (Wildman–Crippen LogP) is 6.35. The Morgan fingerprint density at radius 1 is 0.342 bits per heavy atom. The minimum Gasteiger partial charge on any atom is -0.311 e. The minimum atomic E-state index is 0.662. The molecule has 4 N–H and O–H groups in total. The van der Waals surface area contributed by atoms with E-state index in [0.717, 1.165) is 47.3 Å². The lowest BCUT2D eigenvalue weighted by molar-refractivity contribution is 0.259. The Morgan fingerprint density at radius 3 is 0.816 bits per heavy atom. The van der Waals surface area contributed by atoms with E-state index in [0.29, 0.717) is 48.3 Å². The van der Waals surface area contributed by atoms with E-state index in [-0.39, 0.29) is 0 Å². The molecule has 0 spiro atoms. The van der Waals surface area contributed by atoms with Crippen LogP contribution in [0.1, 0.15) is 120 Å². The average molecular weight is 529 g/mol. The van der Waals surface area contributed by atoms with Crippen molar-refractivity contribution in [3.05, 3.63) is 0 Å². The normalized spacial score (nSPS) is 53.1. The standard InChI is InChI=1S/C34H64N4/c1-9-21-19(7)27-15-28-20(8)22(10-2)30(36-28)17-32-24(12-4)26(14-6)34(38-32)18-33-25(13-5)23(11-3)31(37-33)16-29(21)35-27/h19-38H,9-18H2,1-8H3. The van der Waals surface area contributed by atoms with Gasteiger partial charge in [-0.2, -0.15) is 0 Å². The first-order valence-electron chi connectivity index (χ1n) is 17.4. The molecule has 0 saturated carbocycles. The Labute approximate surface area is 236 Å². The van der Waals surface area contributed by atoms with Crippen LogP contribution in [0.15, 0.2) is 0 Å². The van der Waals surface area contributed by atoms with Crippen molar-refractivity contribution in [3.8, 4) is 0 Å². The monoisotopic (exact) mass is 529 g/mol. The molecule has 4 nitrogen and oxygen atoms in total. The summed E-state index contributed by atoms with van der Waals surface area (Å²) in [5.74, 6) is 6.51. The molecule has 38 heavy (non-hydrogen) atoms. The molecule has 16 unspecified atom stereocenters. The molecule has 0 aromatic rings. The van der Waals surface area contributed by atoms with Gasteiger partial charge in [0.05, 0.1) is 0 Å². The van der Waals surface area contributed by atoms with Gasteiger partial charge >= 0.3 is 0 Å². The van der Waals surface area contributed by atoms with E-state index < -0.39 is 0 Å². The predicted molar refractivity (Wildman–Crippen MR) is 162 cm³/mol. The molecule has 0 amide bonds. The highest BCUT2D eigenvalue weighted by atomic mass is 15.1. The first-order valence-corrected chi connectivity index (χ1v) is 17.4. The zero-order valence-corrected chi connectivity index (χ0v) is 26.3. The van der Waals surface area contributed by atoms with Crippen molar-refractivity contribution < 1.29 is 0 Å². The third-order valence-corrected chi connectivity index (χ3v) is 13.4. The molecule has 0 aromatic carbocycles. The van der Waals surface area contributed by atoms with Gasteiger partial charge in [-0.05, 0) is 73.0 Å². The third-order valence-electron chi connectivity index (χ3n) is 13.4. The SMILES string of the molecule is CCC1C2CC3NC(CC4NC(CC5NC(CC(N2)C1C)C(C)C5CC)C(CC)C4CC)C(CC)C3CC. The number of hydrogen-bond acceptors (Lipinski definition) is 4. The summed E-state index contributed by atoms with van der Waals surface area (Å²) in [6.07, 6.45) is 13.2.